The van der Waals surface area contributed by atoms with Crippen molar-refractivity contribution in [2.45, 2.75) is 97.4 Å². The minimum atomic E-state index is -0.274. The largest absolute Gasteiger partial charge is 0.466 e. The van der Waals surface area contributed by atoms with Crippen molar-refractivity contribution in [2.24, 2.45) is 0 Å². The molecule has 1 N–H and O–H groups in total. The highest BCUT2D eigenvalue weighted by atomic mass is 16.5. The highest BCUT2D eigenvalue weighted by Gasteiger charge is 2.16. The van der Waals surface area contributed by atoms with E-state index in [4.69, 9.17) is 4.74 Å². The molecular weight excluding hydrogens is 378 g/mol. The fraction of sp³-hybridized carbons (Fsp3) is 0.640. The molecule has 0 aliphatic carbocycles. The summed E-state index contributed by atoms with van der Waals surface area (Å²) >= 11 is 0. The van der Waals surface area contributed by atoms with Crippen molar-refractivity contribution < 1.29 is 19.1 Å². The lowest BCUT2D eigenvalue weighted by atomic mass is 9.98. The minimum absolute atomic E-state index is 0.149. The lowest BCUT2D eigenvalue weighted by molar-refractivity contribution is -0.144. The third-order valence-corrected chi connectivity index (χ3v) is 5.17. The van der Waals surface area contributed by atoms with Crippen LogP contribution < -0.4 is 5.32 Å². The van der Waals surface area contributed by atoms with Crippen LogP contribution in [0.2, 0.25) is 0 Å². The van der Waals surface area contributed by atoms with Gasteiger partial charge in [0.05, 0.1) is 12.6 Å². The molecule has 0 saturated heterocycles. The number of ketones is 1. The van der Waals surface area contributed by atoms with Crippen molar-refractivity contribution >= 4 is 17.7 Å². The molecule has 1 rings (SSSR count). The molecule has 0 heterocycles. The maximum atomic E-state index is 12.4. The van der Waals surface area contributed by atoms with Gasteiger partial charge in [-0.1, -0.05) is 76.6 Å². The van der Waals surface area contributed by atoms with Gasteiger partial charge in [0.2, 0.25) is 5.91 Å². The molecule has 0 radical (unpaired) electrons. The van der Waals surface area contributed by atoms with E-state index in [1.807, 2.05) is 24.3 Å². The first-order valence-corrected chi connectivity index (χ1v) is 11.5. The molecule has 30 heavy (non-hydrogen) atoms. The molecule has 5 nitrogen and oxygen atoms in total. The molecule has 0 aliphatic heterocycles. The molecule has 1 amide bonds. The second-order valence-corrected chi connectivity index (χ2v) is 7.93. The topological polar surface area (TPSA) is 72.5 Å². The van der Waals surface area contributed by atoms with Gasteiger partial charge < -0.3 is 10.1 Å². The van der Waals surface area contributed by atoms with E-state index in [1.54, 1.807) is 0 Å². The Hall–Kier alpha value is -2.17. The molecular formula is C25H39NO4. The van der Waals surface area contributed by atoms with Crippen LogP contribution in [0, 0.1) is 0 Å². The first-order chi connectivity index (χ1) is 14.5. The van der Waals surface area contributed by atoms with E-state index in [-0.39, 0.29) is 30.1 Å². The maximum Gasteiger partial charge on any atom is 0.305 e. The van der Waals surface area contributed by atoms with Gasteiger partial charge in [-0.05, 0) is 24.8 Å². The summed E-state index contributed by atoms with van der Waals surface area (Å²) in [6.45, 7) is 6.20. The van der Waals surface area contributed by atoms with Crippen LogP contribution >= 0.6 is 0 Å². The zero-order valence-electron chi connectivity index (χ0n) is 19.0. The number of nitrogens with one attached hydrogen (secondary N) is 1. The number of ether oxygens (including phenoxy) is 1. The number of carbonyl (C=O) groups is 3. The van der Waals surface area contributed by atoms with E-state index in [1.165, 1.54) is 26.2 Å². The predicted octanol–water partition coefficient (Wildman–Crippen LogP) is 5.92. The SMILES string of the molecule is CCCCCCCC(=O)c1ccc(C(CCC(=O)OCCCCC)NC(C)=O)cc1. The van der Waals surface area contributed by atoms with Gasteiger partial charge in [-0.25, -0.2) is 0 Å². The fourth-order valence-electron chi connectivity index (χ4n) is 3.37. The Morgan fingerprint density at radius 3 is 2.13 bits per heavy atom. The summed E-state index contributed by atoms with van der Waals surface area (Å²) in [6.07, 6.45) is 9.92. The summed E-state index contributed by atoms with van der Waals surface area (Å²) in [5, 5.41) is 2.90. The summed E-state index contributed by atoms with van der Waals surface area (Å²) in [4.78, 5) is 35.9. The predicted molar refractivity (Wildman–Crippen MR) is 120 cm³/mol. The van der Waals surface area contributed by atoms with Crippen molar-refractivity contribution in [3.05, 3.63) is 35.4 Å². The highest BCUT2D eigenvalue weighted by Crippen LogP contribution is 2.21. The van der Waals surface area contributed by atoms with Crippen molar-refractivity contribution in [2.75, 3.05) is 6.61 Å². The first-order valence-electron chi connectivity index (χ1n) is 11.5. The third kappa shape index (κ3) is 11.1. The van der Waals surface area contributed by atoms with E-state index in [0.717, 1.165) is 37.7 Å². The van der Waals surface area contributed by atoms with E-state index < -0.39 is 0 Å². The van der Waals surface area contributed by atoms with Gasteiger partial charge in [0.15, 0.2) is 5.78 Å². The quantitative estimate of drug-likeness (QED) is 0.206. The molecule has 5 heteroatoms. The summed E-state index contributed by atoms with van der Waals surface area (Å²) < 4.78 is 5.25. The molecule has 0 aromatic heterocycles. The average molecular weight is 418 g/mol. The van der Waals surface area contributed by atoms with E-state index in [9.17, 15) is 14.4 Å². The van der Waals surface area contributed by atoms with Gasteiger partial charge in [0.1, 0.15) is 0 Å². The molecule has 1 aromatic rings. The second kappa shape index (κ2) is 15.6. The van der Waals surface area contributed by atoms with Gasteiger partial charge in [0, 0.05) is 25.3 Å². The monoisotopic (exact) mass is 417 g/mol. The summed E-state index contributed by atoms with van der Waals surface area (Å²) in [6, 6.07) is 7.11. The Balaban J connectivity index is 2.57. The third-order valence-electron chi connectivity index (χ3n) is 5.17. The van der Waals surface area contributed by atoms with Crippen LogP contribution in [0.3, 0.4) is 0 Å². The van der Waals surface area contributed by atoms with Crippen LogP contribution in [0.15, 0.2) is 24.3 Å². The number of Topliss-reactive ketones (excluding diaryl/α,β-unsaturated/α-hetero) is 1. The van der Waals surface area contributed by atoms with Crippen LogP contribution in [0.5, 0.6) is 0 Å². The summed E-state index contributed by atoms with van der Waals surface area (Å²) in [7, 11) is 0. The number of carbonyl (C=O) groups excluding carboxylic acids is 3. The van der Waals surface area contributed by atoms with Gasteiger partial charge in [-0.3, -0.25) is 14.4 Å². The summed E-state index contributed by atoms with van der Waals surface area (Å²) in [5.74, 6) is -0.232. The van der Waals surface area contributed by atoms with Crippen LogP contribution in [0.4, 0.5) is 0 Å². The van der Waals surface area contributed by atoms with E-state index in [0.29, 0.717) is 25.0 Å². The lowest BCUT2D eigenvalue weighted by Gasteiger charge is -2.18. The number of benzene rings is 1. The van der Waals surface area contributed by atoms with Crippen molar-refractivity contribution in [1.82, 2.24) is 5.32 Å². The van der Waals surface area contributed by atoms with Crippen LogP contribution in [0.25, 0.3) is 0 Å². The molecule has 1 aromatic carbocycles. The Bertz CT molecular complexity index is 639. The Morgan fingerprint density at radius 1 is 0.867 bits per heavy atom. The first kappa shape index (κ1) is 25.9. The Kier molecular flexibility index (Phi) is 13.5. The number of hydrogen-bond donors (Lipinski definition) is 1. The molecule has 0 bridgehead atoms. The Morgan fingerprint density at radius 2 is 1.50 bits per heavy atom. The molecule has 0 fully saturated rings. The van der Waals surface area contributed by atoms with E-state index in [2.05, 4.69) is 19.2 Å². The molecule has 168 valence electrons. The lowest BCUT2D eigenvalue weighted by Crippen LogP contribution is -2.27. The van der Waals surface area contributed by atoms with Crippen molar-refractivity contribution in [3.8, 4) is 0 Å². The highest BCUT2D eigenvalue weighted by molar-refractivity contribution is 5.96. The van der Waals surface area contributed by atoms with Crippen LogP contribution in [0.1, 0.15) is 113 Å². The number of rotatable bonds is 16. The zero-order valence-corrected chi connectivity index (χ0v) is 19.0. The van der Waals surface area contributed by atoms with Crippen molar-refractivity contribution in [3.63, 3.8) is 0 Å². The van der Waals surface area contributed by atoms with Crippen molar-refractivity contribution in [1.29, 1.82) is 0 Å². The summed E-state index contributed by atoms with van der Waals surface area (Å²) in [5.41, 5.74) is 1.59. The number of unbranched alkanes of at least 4 members (excludes halogenated alkanes) is 6. The van der Waals surface area contributed by atoms with Gasteiger partial charge in [-0.2, -0.15) is 0 Å². The zero-order chi connectivity index (χ0) is 22.2. The van der Waals surface area contributed by atoms with Crippen LogP contribution in [-0.4, -0.2) is 24.3 Å². The van der Waals surface area contributed by atoms with Gasteiger partial charge >= 0.3 is 5.97 Å². The standard InChI is InChI=1S/C25H39NO4/c1-4-6-8-9-10-12-24(28)22-15-13-21(14-16-22)23(26-20(3)27)17-18-25(29)30-19-11-7-5-2/h13-16,23H,4-12,17-19H2,1-3H3,(H,26,27). The number of hydrogen-bond acceptors (Lipinski definition) is 4. The van der Waals surface area contributed by atoms with E-state index >= 15 is 0 Å². The minimum Gasteiger partial charge on any atom is -0.466 e. The van der Waals surface area contributed by atoms with Gasteiger partial charge in [0.25, 0.3) is 0 Å². The second-order valence-electron chi connectivity index (χ2n) is 7.93. The molecule has 0 aliphatic rings. The smallest absolute Gasteiger partial charge is 0.305 e. The Labute approximate surface area is 182 Å². The van der Waals surface area contributed by atoms with Crippen LogP contribution in [-0.2, 0) is 14.3 Å². The maximum absolute atomic E-state index is 12.4. The number of amides is 1. The average Bonchev–Trinajstić information content (AvgIpc) is 2.74. The fourth-order valence-corrected chi connectivity index (χ4v) is 3.37. The molecule has 0 saturated carbocycles. The molecule has 1 unspecified atom stereocenters. The molecule has 0 spiro atoms. The molecule has 1 atom stereocenters. The van der Waals surface area contributed by atoms with Gasteiger partial charge in [-0.15, -0.1) is 0 Å². The normalized spacial score (nSPS) is 11.7. The number of esters is 1.